The lowest BCUT2D eigenvalue weighted by Gasteiger charge is -2.34. The Morgan fingerprint density at radius 1 is 1.22 bits per heavy atom. The fourth-order valence-corrected chi connectivity index (χ4v) is 5.16. The Balaban J connectivity index is 1.97. The van der Waals surface area contributed by atoms with E-state index >= 15 is 0 Å². The zero-order chi connectivity index (χ0) is 13.0. The first-order valence-electron chi connectivity index (χ1n) is 6.64. The van der Waals surface area contributed by atoms with Gasteiger partial charge in [-0.15, -0.1) is 0 Å². The van der Waals surface area contributed by atoms with Crippen LogP contribution in [0.2, 0.25) is 0 Å². The molecule has 0 aromatic heterocycles. The van der Waals surface area contributed by atoms with Crippen molar-refractivity contribution in [2.45, 2.75) is 37.0 Å². The van der Waals surface area contributed by atoms with Gasteiger partial charge in [-0.2, -0.15) is 29.2 Å². The summed E-state index contributed by atoms with van der Waals surface area (Å²) >= 11 is 1.78. The molecule has 1 aliphatic carbocycles. The van der Waals surface area contributed by atoms with Crippen molar-refractivity contribution in [2.24, 2.45) is 0 Å². The summed E-state index contributed by atoms with van der Waals surface area (Å²) in [6.45, 7) is 2.65. The summed E-state index contributed by atoms with van der Waals surface area (Å²) in [5, 5.41) is 3.60. The molecule has 0 spiro atoms. The van der Waals surface area contributed by atoms with Crippen molar-refractivity contribution < 1.29 is 8.42 Å². The summed E-state index contributed by atoms with van der Waals surface area (Å²) in [6, 6.07) is 0.105. The third-order valence-electron chi connectivity index (χ3n) is 3.72. The van der Waals surface area contributed by atoms with Gasteiger partial charge in [-0.1, -0.05) is 12.8 Å². The van der Waals surface area contributed by atoms with Gasteiger partial charge in [0, 0.05) is 37.5 Å². The lowest BCUT2D eigenvalue weighted by molar-refractivity contribution is 0.342. The molecule has 5 nitrogen and oxygen atoms in total. The Morgan fingerprint density at radius 3 is 2.56 bits per heavy atom. The number of nitrogens with one attached hydrogen (secondary N) is 2. The lowest BCUT2D eigenvalue weighted by Crippen LogP contribution is -2.54. The molecule has 2 atom stereocenters. The molecule has 2 rings (SSSR count). The molecular weight excluding hydrogens is 270 g/mol. The van der Waals surface area contributed by atoms with Gasteiger partial charge in [0.15, 0.2) is 0 Å². The number of hydrogen-bond donors (Lipinski definition) is 2. The van der Waals surface area contributed by atoms with Crippen LogP contribution in [0.1, 0.15) is 25.7 Å². The van der Waals surface area contributed by atoms with Crippen molar-refractivity contribution in [1.82, 2.24) is 14.3 Å². The number of thioether (sulfide) groups is 1. The highest BCUT2D eigenvalue weighted by Gasteiger charge is 2.31. The average molecular weight is 293 g/mol. The quantitative estimate of drug-likeness (QED) is 0.788. The highest BCUT2D eigenvalue weighted by molar-refractivity contribution is 7.99. The fraction of sp³-hybridized carbons (Fsp3) is 1.00. The summed E-state index contributed by atoms with van der Waals surface area (Å²) in [7, 11) is -3.30. The van der Waals surface area contributed by atoms with Gasteiger partial charge in [0.25, 0.3) is 10.2 Å². The van der Waals surface area contributed by atoms with E-state index in [1.165, 1.54) is 6.42 Å². The Hall–Kier alpha value is 0.180. The van der Waals surface area contributed by atoms with Gasteiger partial charge in [0.05, 0.1) is 0 Å². The number of hydrogen-bond acceptors (Lipinski definition) is 4. The van der Waals surface area contributed by atoms with Crippen LogP contribution in [0.4, 0.5) is 0 Å². The molecule has 2 fully saturated rings. The van der Waals surface area contributed by atoms with Gasteiger partial charge in [-0.25, -0.2) is 0 Å². The third-order valence-corrected chi connectivity index (χ3v) is 6.54. The predicted octanol–water partition coefficient (Wildman–Crippen LogP) is 0.400. The molecule has 2 N–H and O–H groups in total. The highest BCUT2D eigenvalue weighted by Crippen LogP contribution is 2.27. The standard InChI is InChI=1S/C11H23N3O2S2/c1-17-11-5-3-2-4-10(11)13-18(15,16)14-8-6-12-7-9-14/h10-13H,2-9H2,1H3. The van der Waals surface area contributed by atoms with Crippen molar-refractivity contribution in [3.05, 3.63) is 0 Å². The van der Waals surface area contributed by atoms with E-state index in [4.69, 9.17) is 0 Å². The van der Waals surface area contributed by atoms with Crippen molar-refractivity contribution in [2.75, 3.05) is 32.4 Å². The minimum absolute atomic E-state index is 0.105. The third kappa shape index (κ3) is 3.60. The molecule has 0 aromatic carbocycles. The zero-order valence-corrected chi connectivity index (χ0v) is 12.5. The first-order valence-corrected chi connectivity index (χ1v) is 9.37. The lowest BCUT2D eigenvalue weighted by atomic mass is 9.96. The predicted molar refractivity (Wildman–Crippen MR) is 76.1 cm³/mol. The molecule has 0 radical (unpaired) electrons. The SMILES string of the molecule is CSC1CCCCC1NS(=O)(=O)N1CCNCC1. The van der Waals surface area contributed by atoms with Gasteiger partial charge < -0.3 is 5.32 Å². The normalized spacial score (nSPS) is 31.4. The average Bonchev–Trinajstić information content (AvgIpc) is 2.40. The van der Waals surface area contributed by atoms with Crippen LogP contribution in [0.15, 0.2) is 0 Å². The van der Waals surface area contributed by atoms with Crippen LogP contribution in [0.25, 0.3) is 0 Å². The van der Waals surface area contributed by atoms with E-state index in [-0.39, 0.29) is 6.04 Å². The Labute approximate surface area is 114 Å². The topological polar surface area (TPSA) is 61.4 Å². The summed E-state index contributed by atoms with van der Waals surface area (Å²) in [6.07, 6.45) is 6.51. The molecule has 1 saturated carbocycles. The Kier molecular flexibility index (Phi) is 5.32. The Bertz CT molecular complexity index is 355. The first-order chi connectivity index (χ1) is 8.63. The van der Waals surface area contributed by atoms with E-state index < -0.39 is 10.2 Å². The monoisotopic (exact) mass is 293 g/mol. The molecule has 18 heavy (non-hydrogen) atoms. The van der Waals surface area contributed by atoms with E-state index in [2.05, 4.69) is 16.3 Å². The van der Waals surface area contributed by atoms with E-state index in [9.17, 15) is 8.42 Å². The fourth-order valence-electron chi connectivity index (χ4n) is 2.66. The molecule has 7 heteroatoms. The number of rotatable bonds is 4. The summed E-state index contributed by atoms with van der Waals surface area (Å²) in [5.74, 6) is 0. The van der Waals surface area contributed by atoms with Crippen LogP contribution in [0, 0.1) is 0 Å². The maximum atomic E-state index is 12.3. The van der Waals surface area contributed by atoms with Gasteiger partial charge in [0.2, 0.25) is 0 Å². The van der Waals surface area contributed by atoms with Crippen LogP contribution >= 0.6 is 11.8 Å². The summed E-state index contributed by atoms with van der Waals surface area (Å²) in [5.41, 5.74) is 0. The molecular formula is C11H23N3O2S2. The van der Waals surface area contributed by atoms with Crippen molar-refractivity contribution in [3.63, 3.8) is 0 Å². The second kappa shape index (κ2) is 6.56. The molecule has 0 bridgehead atoms. The van der Waals surface area contributed by atoms with Crippen molar-refractivity contribution >= 4 is 22.0 Å². The summed E-state index contributed by atoms with van der Waals surface area (Å²) < 4.78 is 29.1. The first kappa shape index (κ1) is 14.6. The minimum atomic E-state index is -3.30. The maximum absolute atomic E-state index is 12.3. The number of piperazine rings is 1. The summed E-state index contributed by atoms with van der Waals surface area (Å²) in [4.78, 5) is 0. The molecule has 1 heterocycles. The maximum Gasteiger partial charge on any atom is 0.279 e. The van der Waals surface area contributed by atoms with E-state index in [0.29, 0.717) is 18.3 Å². The van der Waals surface area contributed by atoms with Gasteiger partial charge in [-0.3, -0.25) is 0 Å². The smallest absolute Gasteiger partial charge is 0.279 e. The van der Waals surface area contributed by atoms with Gasteiger partial charge in [-0.05, 0) is 19.1 Å². The number of nitrogens with zero attached hydrogens (tertiary/aromatic N) is 1. The molecule has 2 aliphatic rings. The van der Waals surface area contributed by atoms with Crippen LogP contribution in [-0.4, -0.2) is 56.4 Å². The molecule has 106 valence electrons. The van der Waals surface area contributed by atoms with E-state index in [0.717, 1.165) is 32.4 Å². The van der Waals surface area contributed by atoms with Gasteiger partial charge >= 0.3 is 0 Å². The van der Waals surface area contributed by atoms with Crippen molar-refractivity contribution in [1.29, 1.82) is 0 Å². The molecule has 1 aliphatic heterocycles. The van der Waals surface area contributed by atoms with Crippen molar-refractivity contribution in [3.8, 4) is 0 Å². The Morgan fingerprint density at radius 2 is 1.89 bits per heavy atom. The van der Waals surface area contributed by atoms with E-state index in [1.807, 2.05) is 0 Å². The van der Waals surface area contributed by atoms with Crippen LogP contribution < -0.4 is 10.0 Å². The highest BCUT2D eigenvalue weighted by atomic mass is 32.2. The molecule has 2 unspecified atom stereocenters. The van der Waals surface area contributed by atoms with E-state index in [1.54, 1.807) is 16.1 Å². The zero-order valence-electron chi connectivity index (χ0n) is 10.9. The largest absolute Gasteiger partial charge is 0.314 e. The second-order valence-corrected chi connectivity index (χ2v) is 7.72. The van der Waals surface area contributed by atoms with Crippen LogP contribution in [0.5, 0.6) is 0 Å². The van der Waals surface area contributed by atoms with Crippen LogP contribution in [0.3, 0.4) is 0 Å². The van der Waals surface area contributed by atoms with Crippen LogP contribution in [-0.2, 0) is 10.2 Å². The van der Waals surface area contributed by atoms with Gasteiger partial charge in [0.1, 0.15) is 0 Å². The molecule has 0 aromatic rings. The second-order valence-electron chi connectivity index (χ2n) is 4.94. The molecule has 1 saturated heterocycles. The molecule has 0 amide bonds. The minimum Gasteiger partial charge on any atom is -0.314 e.